The molecule has 0 aromatic heterocycles. The molecule has 1 aromatic carbocycles. The van der Waals surface area contributed by atoms with Gasteiger partial charge in [-0.2, -0.15) is 0 Å². The number of aryl methyl sites for hydroxylation is 1. The summed E-state index contributed by atoms with van der Waals surface area (Å²) in [6, 6.07) is 6.58. The zero-order chi connectivity index (χ0) is 12.8. The maximum Gasteiger partial charge on any atom is 0.122 e. The molecule has 1 rings (SSSR count). The Bertz CT molecular complexity index is 349. The summed E-state index contributed by atoms with van der Waals surface area (Å²) in [4.78, 5) is 0. The van der Waals surface area contributed by atoms with Gasteiger partial charge in [0, 0.05) is 6.04 Å². The average molecular weight is 235 g/mol. The first-order valence-electron chi connectivity index (χ1n) is 6.52. The van der Waals surface area contributed by atoms with E-state index in [4.69, 9.17) is 4.74 Å². The number of hydrogen-bond acceptors (Lipinski definition) is 2. The fourth-order valence-corrected chi connectivity index (χ4v) is 1.69. The summed E-state index contributed by atoms with van der Waals surface area (Å²) < 4.78 is 6.02. The van der Waals surface area contributed by atoms with Crippen LogP contribution in [-0.2, 0) is 0 Å². The number of benzene rings is 1. The molecule has 0 amide bonds. The van der Waals surface area contributed by atoms with Crippen molar-refractivity contribution >= 4 is 0 Å². The van der Waals surface area contributed by atoms with E-state index in [2.05, 4.69) is 52.1 Å². The molecule has 2 unspecified atom stereocenters. The highest BCUT2D eigenvalue weighted by atomic mass is 16.5. The Labute approximate surface area is 105 Å². The fourth-order valence-electron chi connectivity index (χ4n) is 1.69. The Kier molecular flexibility index (Phi) is 5.49. The van der Waals surface area contributed by atoms with Crippen molar-refractivity contribution in [3.63, 3.8) is 0 Å². The Hall–Kier alpha value is -1.02. The molecule has 17 heavy (non-hydrogen) atoms. The van der Waals surface area contributed by atoms with Crippen molar-refractivity contribution in [2.45, 2.75) is 53.2 Å². The van der Waals surface area contributed by atoms with Crippen LogP contribution < -0.4 is 10.1 Å². The maximum absolute atomic E-state index is 6.02. The summed E-state index contributed by atoms with van der Waals surface area (Å²) >= 11 is 0. The van der Waals surface area contributed by atoms with E-state index in [1.54, 1.807) is 0 Å². The van der Waals surface area contributed by atoms with Crippen LogP contribution in [0.3, 0.4) is 0 Å². The molecule has 0 radical (unpaired) electrons. The molecule has 0 aliphatic rings. The van der Waals surface area contributed by atoms with Crippen LogP contribution in [0, 0.1) is 13.8 Å². The second-order valence-electron chi connectivity index (χ2n) is 4.76. The number of ether oxygens (including phenoxy) is 1. The zero-order valence-corrected chi connectivity index (χ0v) is 11.7. The van der Waals surface area contributed by atoms with Crippen molar-refractivity contribution in [3.05, 3.63) is 29.3 Å². The first-order valence-corrected chi connectivity index (χ1v) is 6.52. The van der Waals surface area contributed by atoms with Crippen molar-refractivity contribution in [2.75, 3.05) is 6.54 Å². The lowest BCUT2D eigenvalue weighted by Crippen LogP contribution is -2.39. The minimum absolute atomic E-state index is 0.182. The van der Waals surface area contributed by atoms with Gasteiger partial charge in [-0.25, -0.2) is 0 Å². The Morgan fingerprint density at radius 2 is 1.94 bits per heavy atom. The van der Waals surface area contributed by atoms with Gasteiger partial charge in [0.05, 0.1) is 0 Å². The lowest BCUT2D eigenvalue weighted by Gasteiger charge is -2.23. The fraction of sp³-hybridized carbons (Fsp3) is 0.600. The van der Waals surface area contributed by atoms with Crippen LogP contribution in [0.5, 0.6) is 5.75 Å². The van der Waals surface area contributed by atoms with E-state index in [1.165, 1.54) is 11.1 Å². The molecule has 0 saturated carbocycles. The Morgan fingerprint density at radius 1 is 1.24 bits per heavy atom. The summed E-state index contributed by atoms with van der Waals surface area (Å²) in [7, 11) is 0. The monoisotopic (exact) mass is 235 g/mol. The highest BCUT2D eigenvalue weighted by Gasteiger charge is 2.14. The van der Waals surface area contributed by atoms with E-state index < -0.39 is 0 Å². The zero-order valence-electron chi connectivity index (χ0n) is 11.7. The van der Waals surface area contributed by atoms with Crippen LogP contribution in [0.1, 0.15) is 38.3 Å². The van der Waals surface area contributed by atoms with Gasteiger partial charge in [0.2, 0.25) is 0 Å². The average Bonchev–Trinajstić information content (AvgIpc) is 2.31. The predicted molar refractivity (Wildman–Crippen MR) is 73.8 cm³/mol. The van der Waals surface area contributed by atoms with Crippen molar-refractivity contribution in [2.24, 2.45) is 0 Å². The highest BCUT2D eigenvalue weighted by Crippen LogP contribution is 2.22. The van der Waals surface area contributed by atoms with Crippen LogP contribution in [0.25, 0.3) is 0 Å². The van der Waals surface area contributed by atoms with Gasteiger partial charge in [-0.05, 0) is 57.9 Å². The van der Waals surface area contributed by atoms with E-state index >= 15 is 0 Å². The van der Waals surface area contributed by atoms with Gasteiger partial charge in [0.1, 0.15) is 11.9 Å². The molecule has 2 heteroatoms. The first kappa shape index (κ1) is 14.0. The van der Waals surface area contributed by atoms with Gasteiger partial charge < -0.3 is 10.1 Å². The molecule has 0 aliphatic carbocycles. The van der Waals surface area contributed by atoms with E-state index in [9.17, 15) is 0 Å². The summed E-state index contributed by atoms with van der Waals surface area (Å²) in [6.07, 6.45) is 1.34. The molecule has 0 aliphatic heterocycles. The summed E-state index contributed by atoms with van der Waals surface area (Å²) in [5, 5.41) is 3.46. The van der Waals surface area contributed by atoms with Gasteiger partial charge in [-0.1, -0.05) is 19.1 Å². The highest BCUT2D eigenvalue weighted by molar-refractivity contribution is 5.38. The maximum atomic E-state index is 6.02. The van der Waals surface area contributed by atoms with Gasteiger partial charge in [0.25, 0.3) is 0 Å². The molecule has 2 atom stereocenters. The van der Waals surface area contributed by atoms with Gasteiger partial charge >= 0.3 is 0 Å². The first-order chi connectivity index (χ1) is 8.06. The molecule has 96 valence electrons. The standard InChI is InChI=1S/C15H25NO/c1-6-10-16-13(4)14(5)17-15-9-7-8-11(2)12(15)3/h7-9,13-14,16H,6,10H2,1-5H3. The molecule has 2 nitrogen and oxygen atoms in total. The molecule has 0 bridgehead atoms. The Morgan fingerprint density at radius 3 is 2.59 bits per heavy atom. The van der Waals surface area contributed by atoms with Crippen LogP contribution in [0.15, 0.2) is 18.2 Å². The SMILES string of the molecule is CCCNC(C)C(C)Oc1cccc(C)c1C. The number of nitrogens with one attached hydrogen (secondary N) is 1. The van der Waals surface area contributed by atoms with Gasteiger partial charge in [-0.3, -0.25) is 0 Å². The van der Waals surface area contributed by atoms with E-state index in [-0.39, 0.29) is 6.10 Å². The smallest absolute Gasteiger partial charge is 0.122 e. The molecular formula is C15H25NO. The number of rotatable bonds is 6. The minimum atomic E-state index is 0.182. The predicted octanol–water partition coefficient (Wildman–Crippen LogP) is 3.46. The van der Waals surface area contributed by atoms with Gasteiger partial charge in [0.15, 0.2) is 0 Å². The summed E-state index contributed by atoms with van der Waals surface area (Å²) in [6.45, 7) is 11.7. The lowest BCUT2D eigenvalue weighted by atomic mass is 10.1. The van der Waals surface area contributed by atoms with Crippen molar-refractivity contribution in [1.82, 2.24) is 5.32 Å². The molecule has 1 N–H and O–H groups in total. The quantitative estimate of drug-likeness (QED) is 0.815. The molecule has 0 spiro atoms. The van der Waals surface area contributed by atoms with Crippen LogP contribution in [-0.4, -0.2) is 18.7 Å². The lowest BCUT2D eigenvalue weighted by molar-refractivity contribution is 0.177. The van der Waals surface area contributed by atoms with E-state index in [1.807, 2.05) is 6.07 Å². The van der Waals surface area contributed by atoms with Crippen LogP contribution in [0.4, 0.5) is 0 Å². The molecule has 1 aromatic rings. The van der Waals surface area contributed by atoms with Crippen LogP contribution >= 0.6 is 0 Å². The third-order valence-corrected chi connectivity index (χ3v) is 3.29. The van der Waals surface area contributed by atoms with Crippen molar-refractivity contribution in [1.29, 1.82) is 0 Å². The third-order valence-electron chi connectivity index (χ3n) is 3.29. The molecule has 0 heterocycles. The van der Waals surface area contributed by atoms with E-state index in [0.29, 0.717) is 6.04 Å². The molecule has 0 fully saturated rings. The van der Waals surface area contributed by atoms with Crippen molar-refractivity contribution < 1.29 is 4.74 Å². The summed E-state index contributed by atoms with van der Waals surface area (Å²) in [5.74, 6) is 1.00. The largest absolute Gasteiger partial charge is 0.489 e. The second-order valence-corrected chi connectivity index (χ2v) is 4.76. The molecular weight excluding hydrogens is 210 g/mol. The van der Waals surface area contributed by atoms with Crippen LogP contribution in [0.2, 0.25) is 0 Å². The van der Waals surface area contributed by atoms with Crippen molar-refractivity contribution in [3.8, 4) is 5.75 Å². The Balaban J connectivity index is 2.61. The summed E-state index contributed by atoms with van der Waals surface area (Å²) in [5.41, 5.74) is 2.52. The normalized spacial score (nSPS) is 14.4. The van der Waals surface area contributed by atoms with E-state index in [0.717, 1.165) is 18.7 Å². The third kappa shape index (κ3) is 4.04. The molecule has 0 saturated heterocycles. The minimum Gasteiger partial charge on any atom is -0.489 e. The number of hydrogen-bond donors (Lipinski definition) is 1. The second kappa shape index (κ2) is 6.65. The topological polar surface area (TPSA) is 21.3 Å². The van der Waals surface area contributed by atoms with Gasteiger partial charge in [-0.15, -0.1) is 0 Å².